The maximum absolute atomic E-state index is 13.3. The van der Waals surface area contributed by atoms with Gasteiger partial charge in [-0.05, 0) is 37.3 Å². The van der Waals surface area contributed by atoms with Gasteiger partial charge in [0.15, 0.2) is 5.76 Å². The highest BCUT2D eigenvalue weighted by atomic mass is 16.5. The Bertz CT molecular complexity index is 1260. The van der Waals surface area contributed by atoms with Crippen LogP contribution < -0.4 is 14.2 Å². The van der Waals surface area contributed by atoms with E-state index in [-0.39, 0.29) is 5.78 Å². The lowest BCUT2D eigenvalue weighted by Gasteiger charge is -2.30. The third-order valence-corrected chi connectivity index (χ3v) is 6.13. The molecule has 0 fully saturated rings. The number of ketones is 1. The third-order valence-electron chi connectivity index (χ3n) is 6.13. The minimum atomic E-state index is -0.111. The number of nitrogens with zero attached hydrogens (tertiary/aromatic N) is 2. The molecule has 0 aliphatic carbocycles. The van der Waals surface area contributed by atoms with Crippen LogP contribution in [0.15, 0.2) is 36.2 Å². The van der Waals surface area contributed by atoms with Crippen molar-refractivity contribution in [1.29, 1.82) is 0 Å². The number of rotatable bonds is 5. The van der Waals surface area contributed by atoms with E-state index in [0.717, 1.165) is 45.6 Å². The van der Waals surface area contributed by atoms with Crippen molar-refractivity contribution in [2.24, 2.45) is 7.05 Å². The quantitative estimate of drug-likeness (QED) is 0.568. The predicted octanol–water partition coefficient (Wildman–Crippen LogP) is 3.91. The topological polar surface area (TPSA) is 62.2 Å². The average Bonchev–Trinajstić information content (AvgIpc) is 3.29. The van der Waals surface area contributed by atoms with Crippen molar-refractivity contribution in [2.75, 3.05) is 34.1 Å². The lowest BCUT2D eigenvalue weighted by molar-refractivity contribution is 0.0649. The molecule has 0 saturated carbocycles. The second-order valence-corrected chi connectivity index (χ2v) is 8.20. The fraction of sp³-hybridized carbons (Fsp3) is 0.320. The molecule has 0 amide bonds. The van der Waals surface area contributed by atoms with E-state index in [1.807, 2.05) is 55.1 Å². The lowest BCUT2D eigenvalue weighted by Crippen LogP contribution is -2.34. The Labute approximate surface area is 186 Å². The van der Waals surface area contributed by atoms with Crippen LogP contribution in [0.5, 0.6) is 17.2 Å². The van der Waals surface area contributed by atoms with Crippen molar-refractivity contribution in [3.63, 3.8) is 0 Å². The zero-order chi connectivity index (χ0) is 22.4. The molecule has 0 N–H and O–H groups in total. The van der Waals surface area contributed by atoms with E-state index in [4.69, 9.17) is 18.9 Å². The molecule has 2 aromatic carbocycles. The Morgan fingerprint density at radius 1 is 1.19 bits per heavy atom. The van der Waals surface area contributed by atoms with Gasteiger partial charge in [-0.15, -0.1) is 0 Å². The molecule has 3 aromatic rings. The summed E-state index contributed by atoms with van der Waals surface area (Å²) in [4.78, 5) is 15.4. The zero-order valence-electron chi connectivity index (χ0n) is 18.7. The highest BCUT2D eigenvalue weighted by Crippen LogP contribution is 2.43. The van der Waals surface area contributed by atoms with Gasteiger partial charge < -0.3 is 23.5 Å². The van der Waals surface area contributed by atoms with Gasteiger partial charge in [0.25, 0.3) is 0 Å². The summed E-state index contributed by atoms with van der Waals surface area (Å²) in [5.41, 5.74) is 4.40. The van der Waals surface area contributed by atoms with Gasteiger partial charge in [0.2, 0.25) is 5.78 Å². The number of carbonyl (C=O) groups excluding carboxylic acids is 1. The van der Waals surface area contributed by atoms with E-state index in [1.54, 1.807) is 14.2 Å². The molecule has 2 aliphatic heterocycles. The molecule has 7 nitrogen and oxygen atoms in total. The molecule has 166 valence electrons. The zero-order valence-corrected chi connectivity index (χ0v) is 18.7. The number of carbonyl (C=O) groups is 1. The van der Waals surface area contributed by atoms with Gasteiger partial charge in [0.1, 0.15) is 24.0 Å². The summed E-state index contributed by atoms with van der Waals surface area (Å²) in [5, 5.41) is 1.000. The smallest absolute Gasteiger partial charge is 0.231 e. The number of aromatic nitrogens is 1. The third kappa shape index (κ3) is 3.34. The predicted molar refractivity (Wildman–Crippen MR) is 121 cm³/mol. The Balaban J connectivity index is 1.51. The average molecular weight is 434 g/mol. The molecule has 1 aromatic heterocycles. The second-order valence-electron chi connectivity index (χ2n) is 8.20. The van der Waals surface area contributed by atoms with Crippen molar-refractivity contribution in [2.45, 2.75) is 13.5 Å². The van der Waals surface area contributed by atoms with Crippen molar-refractivity contribution in [1.82, 2.24) is 9.47 Å². The van der Waals surface area contributed by atoms with Crippen LogP contribution in [-0.4, -0.2) is 49.4 Å². The summed E-state index contributed by atoms with van der Waals surface area (Å²) in [6.45, 7) is 4.55. The Morgan fingerprint density at radius 2 is 2.03 bits per heavy atom. The van der Waals surface area contributed by atoms with Crippen LogP contribution in [0, 0.1) is 6.92 Å². The summed E-state index contributed by atoms with van der Waals surface area (Å²) in [5.74, 6) is 2.37. The Morgan fingerprint density at radius 3 is 2.81 bits per heavy atom. The van der Waals surface area contributed by atoms with Crippen LogP contribution in [0.2, 0.25) is 0 Å². The van der Waals surface area contributed by atoms with Crippen molar-refractivity contribution in [3.05, 3.63) is 58.5 Å². The van der Waals surface area contributed by atoms with Gasteiger partial charge in [-0.25, -0.2) is 0 Å². The molecule has 0 saturated heterocycles. The van der Waals surface area contributed by atoms with E-state index in [0.29, 0.717) is 37.0 Å². The number of Topliss-reactive ketones (excluding diaryl/α,β-unsaturated/α-hetero) is 1. The van der Waals surface area contributed by atoms with E-state index < -0.39 is 0 Å². The molecule has 5 rings (SSSR count). The minimum Gasteiger partial charge on any atom is -0.497 e. The minimum absolute atomic E-state index is 0.111. The van der Waals surface area contributed by atoms with Crippen LogP contribution in [0.3, 0.4) is 0 Å². The molecular formula is C25H26N2O5. The van der Waals surface area contributed by atoms with Crippen LogP contribution in [0.4, 0.5) is 0 Å². The lowest BCUT2D eigenvalue weighted by atomic mass is 10.00. The number of ether oxygens (including phenoxy) is 4. The van der Waals surface area contributed by atoms with Gasteiger partial charge in [0, 0.05) is 61.0 Å². The van der Waals surface area contributed by atoms with Gasteiger partial charge in [-0.2, -0.15) is 0 Å². The molecule has 2 aliphatic rings. The summed E-state index contributed by atoms with van der Waals surface area (Å²) >= 11 is 0. The maximum Gasteiger partial charge on any atom is 0.231 e. The molecule has 7 heteroatoms. The highest BCUT2D eigenvalue weighted by molar-refractivity contribution is 6.15. The first-order valence-electron chi connectivity index (χ1n) is 10.6. The highest BCUT2D eigenvalue weighted by Gasteiger charge is 2.33. The van der Waals surface area contributed by atoms with E-state index >= 15 is 0 Å². The Kier molecular flexibility index (Phi) is 5.15. The molecule has 0 radical (unpaired) electrons. The van der Waals surface area contributed by atoms with Crippen molar-refractivity contribution in [3.8, 4) is 17.2 Å². The molecule has 0 bridgehead atoms. The largest absolute Gasteiger partial charge is 0.497 e. The van der Waals surface area contributed by atoms with Crippen LogP contribution >= 0.6 is 0 Å². The van der Waals surface area contributed by atoms with Gasteiger partial charge in [0.05, 0.1) is 19.3 Å². The monoisotopic (exact) mass is 434 g/mol. The van der Waals surface area contributed by atoms with E-state index in [1.165, 1.54) is 0 Å². The second kappa shape index (κ2) is 8.00. The molecular weight excluding hydrogens is 408 g/mol. The number of hydrogen-bond donors (Lipinski definition) is 0. The SMILES string of the molecule is COCCN1COc2c(cc3c(c2C)O/C(=C\c2cn(C)c4ccc(OC)cc24)C3=O)C1. The first-order valence-corrected chi connectivity index (χ1v) is 10.6. The fourth-order valence-corrected chi connectivity index (χ4v) is 4.45. The molecule has 0 spiro atoms. The summed E-state index contributed by atoms with van der Waals surface area (Å²) < 4.78 is 24.7. The first kappa shape index (κ1) is 20.6. The fourth-order valence-electron chi connectivity index (χ4n) is 4.45. The van der Waals surface area contributed by atoms with Crippen LogP contribution in [0.1, 0.15) is 27.0 Å². The molecule has 0 unspecified atom stereocenters. The summed E-state index contributed by atoms with van der Waals surface area (Å²) in [6.07, 6.45) is 3.81. The van der Waals surface area contributed by atoms with Gasteiger partial charge >= 0.3 is 0 Å². The van der Waals surface area contributed by atoms with E-state index in [9.17, 15) is 4.79 Å². The number of fused-ring (bicyclic) bond motifs is 3. The van der Waals surface area contributed by atoms with Crippen molar-refractivity contribution < 1.29 is 23.7 Å². The number of hydrogen-bond acceptors (Lipinski definition) is 6. The molecule has 3 heterocycles. The van der Waals surface area contributed by atoms with E-state index in [2.05, 4.69) is 4.90 Å². The standard InChI is InChI=1S/C25H26N2O5/c1-15-24-17(13-27(14-31-24)7-8-29-3)9-20-23(28)22(32-25(15)20)10-16-12-26(2)21-6-5-18(30-4)11-19(16)21/h5-6,9-12H,7-8,13-14H2,1-4H3/b22-10-. The number of aryl methyl sites for hydroxylation is 1. The molecule has 0 atom stereocenters. The number of methoxy groups -OCH3 is 2. The van der Waals surface area contributed by atoms with Crippen LogP contribution in [0.25, 0.3) is 17.0 Å². The summed E-state index contributed by atoms with van der Waals surface area (Å²) in [7, 11) is 5.31. The summed E-state index contributed by atoms with van der Waals surface area (Å²) in [6, 6.07) is 7.82. The maximum atomic E-state index is 13.3. The van der Waals surface area contributed by atoms with Crippen LogP contribution in [-0.2, 0) is 18.3 Å². The number of benzene rings is 2. The van der Waals surface area contributed by atoms with Gasteiger partial charge in [-0.3, -0.25) is 9.69 Å². The van der Waals surface area contributed by atoms with Gasteiger partial charge in [-0.1, -0.05) is 0 Å². The van der Waals surface area contributed by atoms with Crippen molar-refractivity contribution >= 4 is 22.8 Å². The number of allylic oxidation sites excluding steroid dienone is 1. The normalized spacial score (nSPS) is 16.8. The first-order chi connectivity index (χ1) is 15.5. The Hall–Kier alpha value is -3.29. The molecule has 32 heavy (non-hydrogen) atoms.